The van der Waals surface area contributed by atoms with Gasteiger partial charge < -0.3 is 10.0 Å². The van der Waals surface area contributed by atoms with Gasteiger partial charge in [-0.15, -0.1) is 0 Å². The maximum absolute atomic E-state index is 12.8. The van der Waals surface area contributed by atoms with Crippen molar-refractivity contribution in [3.8, 4) is 0 Å². The van der Waals surface area contributed by atoms with E-state index in [1.54, 1.807) is 50.7 Å². The van der Waals surface area contributed by atoms with E-state index in [-0.39, 0.29) is 11.3 Å². The van der Waals surface area contributed by atoms with Gasteiger partial charge in [0.2, 0.25) is 0 Å². The molecular formula is C19H19Cl2N3O3. The number of hydrogen-bond acceptors (Lipinski definition) is 4. The first kappa shape index (κ1) is 19.5. The Labute approximate surface area is 167 Å². The van der Waals surface area contributed by atoms with Crippen LogP contribution in [0, 0.1) is 13.8 Å². The highest BCUT2D eigenvalue weighted by atomic mass is 35.5. The number of rotatable bonds is 3. The predicted octanol–water partition coefficient (Wildman–Crippen LogP) is 3.79. The molecule has 1 amide bonds. The molecule has 1 N–H and O–H groups in total. The minimum atomic E-state index is -0.747. The van der Waals surface area contributed by atoms with Gasteiger partial charge in [0.15, 0.2) is 0 Å². The van der Waals surface area contributed by atoms with Gasteiger partial charge in [-0.1, -0.05) is 29.3 Å². The van der Waals surface area contributed by atoms with Crippen molar-refractivity contribution in [1.82, 2.24) is 14.7 Å². The largest absolute Gasteiger partial charge is 0.507 e. The third-order valence-corrected chi connectivity index (χ3v) is 5.62. The smallest absolute Gasteiger partial charge is 0.295 e. The van der Waals surface area contributed by atoms with Crippen LogP contribution in [-0.2, 0) is 16.6 Å². The molecule has 1 unspecified atom stereocenters. The number of amides is 1. The molecule has 6 nitrogen and oxygen atoms in total. The summed E-state index contributed by atoms with van der Waals surface area (Å²) in [5.74, 6) is -1.62. The monoisotopic (exact) mass is 407 g/mol. The SMILES string of the molecule is CCN1C(=O)C(=O)/C(=C(/O)c2c(C)nn(C)c2C)C1c1ccc(Cl)c(Cl)c1. The van der Waals surface area contributed by atoms with Crippen LogP contribution in [0.4, 0.5) is 0 Å². The quantitative estimate of drug-likeness (QED) is 0.477. The molecule has 3 rings (SSSR count). The van der Waals surface area contributed by atoms with Crippen molar-refractivity contribution in [2.45, 2.75) is 26.8 Å². The number of aliphatic hydroxyl groups is 1. The first-order valence-electron chi connectivity index (χ1n) is 8.42. The van der Waals surface area contributed by atoms with E-state index in [4.69, 9.17) is 23.2 Å². The summed E-state index contributed by atoms with van der Waals surface area (Å²) in [6, 6.07) is 4.17. The van der Waals surface area contributed by atoms with E-state index < -0.39 is 17.7 Å². The number of aryl methyl sites for hydroxylation is 2. The van der Waals surface area contributed by atoms with E-state index in [2.05, 4.69) is 5.10 Å². The molecule has 1 aromatic heterocycles. The maximum Gasteiger partial charge on any atom is 0.295 e. The Kier molecular flexibility index (Phi) is 5.06. The zero-order valence-corrected chi connectivity index (χ0v) is 16.9. The minimum Gasteiger partial charge on any atom is -0.507 e. The van der Waals surface area contributed by atoms with Crippen molar-refractivity contribution in [2.24, 2.45) is 7.05 Å². The third-order valence-electron chi connectivity index (χ3n) is 4.89. The van der Waals surface area contributed by atoms with Crippen LogP contribution >= 0.6 is 23.2 Å². The molecule has 0 spiro atoms. The predicted molar refractivity (Wildman–Crippen MR) is 104 cm³/mol. The standard InChI is InChI=1S/C19H19Cl2N3O3/c1-5-24-16(11-6-7-12(20)13(21)8-11)15(18(26)19(24)27)17(25)14-9(2)22-23(4)10(14)3/h6-8,16,25H,5H2,1-4H3/b17-15+. The van der Waals surface area contributed by atoms with Crippen LogP contribution < -0.4 is 0 Å². The molecule has 0 bridgehead atoms. The number of nitrogens with zero attached hydrogens (tertiary/aromatic N) is 3. The Morgan fingerprint density at radius 1 is 1.22 bits per heavy atom. The molecule has 1 aliphatic rings. The Bertz CT molecular complexity index is 994. The zero-order valence-electron chi connectivity index (χ0n) is 15.4. The van der Waals surface area contributed by atoms with Crippen molar-refractivity contribution >= 4 is 40.7 Å². The van der Waals surface area contributed by atoms with E-state index in [1.165, 1.54) is 4.90 Å². The van der Waals surface area contributed by atoms with E-state index in [0.29, 0.717) is 39.1 Å². The number of Topliss-reactive ketones (excluding diaryl/α,β-unsaturated/α-hetero) is 1. The Morgan fingerprint density at radius 3 is 2.41 bits per heavy atom. The Hall–Kier alpha value is -2.31. The number of benzene rings is 1. The van der Waals surface area contributed by atoms with Gasteiger partial charge in [0.05, 0.1) is 32.9 Å². The summed E-state index contributed by atoms with van der Waals surface area (Å²) in [7, 11) is 1.75. The average Bonchev–Trinajstić information content (AvgIpc) is 3.02. The second kappa shape index (κ2) is 7.02. The number of likely N-dealkylation sites (tertiary alicyclic amines) is 1. The number of carbonyl (C=O) groups is 2. The van der Waals surface area contributed by atoms with Crippen molar-refractivity contribution in [1.29, 1.82) is 0 Å². The zero-order chi connectivity index (χ0) is 20.0. The normalized spacial score (nSPS) is 19.2. The molecule has 1 fully saturated rings. The summed E-state index contributed by atoms with van der Waals surface area (Å²) in [6.07, 6.45) is 0. The minimum absolute atomic E-state index is 0.0273. The average molecular weight is 408 g/mol. The molecule has 1 saturated heterocycles. The topological polar surface area (TPSA) is 75.4 Å². The number of aliphatic hydroxyl groups excluding tert-OH is 1. The lowest BCUT2D eigenvalue weighted by atomic mass is 9.94. The number of halogens is 2. The van der Waals surface area contributed by atoms with Gasteiger partial charge in [0, 0.05) is 19.3 Å². The Morgan fingerprint density at radius 2 is 1.89 bits per heavy atom. The summed E-state index contributed by atoms with van der Waals surface area (Å²) in [4.78, 5) is 26.7. The van der Waals surface area contributed by atoms with E-state index >= 15 is 0 Å². The van der Waals surface area contributed by atoms with Crippen LogP contribution in [-0.4, -0.2) is 38.0 Å². The highest BCUT2D eigenvalue weighted by Crippen LogP contribution is 2.41. The number of carbonyl (C=O) groups excluding carboxylic acids is 2. The highest BCUT2D eigenvalue weighted by molar-refractivity contribution is 6.46. The molecule has 0 radical (unpaired) electrons. The first-order chi connectivity index (χ1) is 12.7. The molecular weight excluding hydrogens is 389 g/mol. The van der Waals surface area contributed by atoms with Gasteiger partial charge in [-0.2, -0.15) is 5.10 Å². The first-order valence-corrected chi connectivity index (χ1v) is 9.18. The summed E-state index contributed by atoms with van der Waals surface area (Å²) >= 11 is 12.1. The number of aromatic nitrogens is 2. The summed E-state index contributed by atoms with van der Waals surface area (Å²) in [5, 5.41) is 16.0. The lowest BCUT2D eigenvalue weighted by molar-refractivity contribution is -0.139. The third kappa shape index (κ3) is 3.03. The Balaban J connectivity index is 2.28. The van der Waals surface area contributed by atoms with Crippen LogP contribution in [0.3, 0.4) is 0 Å². The van der Waals surface area contributed by atoms with Gasteiger partial charge in [-0.05, 0) is 38.5 Å². The molecule has 8 heteroatoms. The van der Waals surface area contributed by atoms with Crippen LogP contribution in [0.2, 0.25) is 10.0 Å². The number of hydrogen-bond donors (Lipinski definition) is 1. The molecule has 2 heterocycles. The summed E-state index contributed by atoms with van der Waals surface area (Å²) in [5.41, 5.74) is 2.35. The lowest BCUT2D eigenvalue weighted by Crippen LogP contribution is -2.29. The van der Waals surface area contributed by atoms with E-state index in [1.807, 2.05) is 0 Å². The van der Waals surface area contributed by atoms with Crippen molar-refractivity contribution in [2.75, 3.05) is 6.54 Å². The van der Waals surface area contributed by atoms with Crippen molar-refractivity contribution in [3.05, 3.63) is 56.3 Å². The molecule has 2 aromatic rings. The number of ketones is 1. The molecule has 27 heavy (non-hydrogen) atoms. The fourth-order valence-electron chi connectivity index (χ4n) is 3.49. The highest BCUT2D eigenvalue weighted by Gasteiger charge is 2.46. The molecule has 142 valence electrons. The van der Waals surface area contributed by atoms with Crippen molar-refractivity contribution in [3.63, 3.8) is 0 Å². The molecule has 1 atom stereocenters. The lowest BCUT2D eigenvalue weighted by Gasteiger charge is -2.24. The molecule has 1 aliphatic heterocycles. The van der Waals surface area contributed by atoms with Gasteiger partial charge >= 0.3 is 0 Å². The fraction of sp³-hybridized carbons (Fsp3) is 0.316. The van der Waals surface area contributed by atoms with Gasteiger partial charge in [0.1, 0.15) is 5.76 Å². The van der Waals surface area contributed by atoms with Crippen molar-refractivity contribution < 1.29 is 14.7 Å². The summed E-state index contributed by atoms with van der Waals surface area (Å²) in [6.45, 7) is 5.61. The second-order valence-corrected chi connectivity index (χ2v) is 7.24. The van der Waals surface area contributed by atoms with Crippen LogP contribution in [0.1, 0.15) is 35.5 Å². The van der Waals surface area contributed by atoms with E-state index in [9.17, 15) is 14.7 Å². The van der Waals surface area contributed by atoms with Gasteiger partial charge in [-0.25, -0.2) is 0 Å². The van der Waals surface area contributed by atoms with Crippen LogP contribution in [0.15, 0.2) is 23.8 Å². The molecule has 0 aliphatic carbocycles. The van der Waals surface area contributed by atoms with Gasteiger partial charge in [0.25, 0.3) is 11.7 Å². The number of likely N-dealkylation sites (N-methyl/N-ethyl adjacent to an activating group) is 1. The molecule has 0 saturated carbocycles. The fourth-order valence-corrected chi connectivity index (χ4v) is 3.79. The summed E-state index contributed by atoms with van der Waals surface area (Å²) < 4.78 is 1.62. The van der Waals surface area contributed by atoms with E-state index in [0.717, 1.165) is 0 Å². The van der Waals surface area contributed by atoms with Gasteiger partial charge in [-0.3, -0.25) is 14.3 Å². The van der Waals surface area contributed by atoms with Crippen LogP contribution in [0.5, 0.6) is 0 Å². The van der Waals surface area contributed by atoms with Crippen LogP contribution in [0.25, 0.3) is 5.76 Å². The molecule has 1 aromatic carbocycles. The second-order valence-electron chi connectivity index (χ2n) is 6.43. The maximum atomic E-state index is 12.8.